The van der Waals surface area contributed by atoms with Gasteiger partial charge in [-0.2, -0.15) is 0 Å². The van der Waals surface area contributed by atoms with Crippen molar-refractivity contribution < 1.29 is 9.53 Å². The summed E-state index contributed by atoms with van der Waals surface area (Å²) in [5.41, 5.74) is 6.90. The van der Waals surface area contributed by atoms with Crippen molar-refractivity contribution >= 4 is 28.9 Å². The van der Waals surface area contributed by atoms with Crippen LogP contribution in [0.15, 0.2) is 48.5 Å². The Hall–Kier alpha value is -2.20. The lowest BCUT2D eigenvalue weighted by molar-refractivity contribution is -0.120. The van der Waals surface area contributed by atoms with Crippen molar-refractivity contribution in [1.29, 1.82) is 0 Å². The SMILES string of the molecule is CN(C(=O)COc1ccccc1)c1cc(Cl)ccc1N. The quantitative estimate of drug-likeness (QED) is 0.881. The number of ether oxygens (including phenoxy) is 1. The van der Waals surface area contributed by atoms with Gasteiger partial charge in [-0.15, -0.1) is 0 Å². The number of amides is 1. The maximum atomic E-state index is 12.1. The van der Waals surface area contributed by atoms with Gasteiger partial charge < -0.3 is 15.4 Å². The molecule has 4 nitrogen and oxygen atoms in total. The van der Waals surface area contributed by atoms with Gasteiger partial charge in [0.15, 0.2) is 6.61 Å². The predicted molar refractivity (Wildman–Crippen MR) is 81.2 cm³/mol. The highest BCUT2D eigenvalue weighted by Crippen LogP contribution is 2.26. The van der Waals surface area contributed by atoms with Gasteiger partial charge >= 0.3 is 0 Å². The normalized spacial score (nSPS) is 10.1. The molecule has 2 rings (SSSR count). The van der Waals surface area contributed by atoms with Crippen LogP contribution in [-0.2, 0) is 4.79 Å². The zero-order chi connectivity index (χ0) is 14.5. The summed E-state index contributed by atoms with van der Waals surface area (Å²) in [6, 6.07) is 14.2. The van der Waals surface area contributed by atoms with Gasteiger partial charge in [0.1, 0.15) is 5.75 Å². The molecule has 0 saturated heterocycles. The Labute approximate surface area is 122 Å². The molecule has 2 aromatic carbocycles. The number of carbonyl (C=O) groups excluding carboxylic acids is 1. The molecule has 0 bridgehead atoms. The monoisotopic (exact) mass is 290 g/mol. The van der Waals surface area contributed by atoms with Crippen LogP contribution in [0.25, 0.3) is 0 Å². The number of benzene rings is 2. The molecule has 0 unspecified atom stereocenters. The maximum absolute atomic E-state index is 12.1. The van der Waals surface area contributed by atoms with Gasteiger partial charge in [-0.25, -0.2) is 0 Å². The minimum atomic E-state index is -0.206. The molecule has 0 heterocycles. The number of nitrogens with zero attached hydrogens (tertiary/aromatic N) is 1. The van der Waals surface area contributed by atoms with Crippen LogP contribution in [0.1, 0.15) is 0 Å². The molecule has 2 aromatic rings. The van der Waals surface area contributed by atoms with Crippen LogP contribution >= 0.6 is 11.6 Å². The van der Waals surface area contributed by atoms with Crippen LogP contribution in [0.3, 0.4) is 0 Å². The van der Waals surface area contributed by atoms with E-state index in [2.05, 4.69) is 0 Å². The highest BCUT2D eigenvalue weighted by atomic mass is 35.5. The Morgan fingerprint density at radius 1 is 1.25 bits per heavy atom. The molecule has 0 spiro atoms. The van der Waals surface area contributed by atoms with E-state index >= 15 is 0 Å². The number of hydrogen-bond donors (Lipinski definition) is 1. The van der Waals surface area contributed by atoms with Gasteiger partial charge in [-0.1, -0.05) is 29.8 Å². The average molecular weight is 291 g/mol. The number of rotatable bonds is 4. The summed E-state index contributed by atoms with van der Waals surface area (Å²) in [4.78, 5) is 13.5. The van der Waals surface area contributed by atoms with Crippen molar-refractivity contribution in [2.75, 3.05) is 24.3 Å². The van der Waals surface area contributed by atoms with E-state index in [1.54, 1.807) is 37.4 Å². The Kier molecular flexibility index (Phi) is 4.48. The van der Waals surface area contributed by atoms with E-state index in [1.807, 2.05) is 18.2 Å². The number of halogens is 1. The van der Waals surface area contributed by atoms with E-state index in [4.69, 9.17) is 22.1 Å². The lowest BCUT2D eigenvalue weighted by atomic mass is 10.2. The second-order valence-corrected chi connectivity index (χ2v) is 4.69. The van der Waals surface area contributed by atoms with Gasteiger partial charge in [-0.3, -0.25) is 4.79 Å². The van der Waals surface area contributed by atoms with Gasteiger partial charge in [0.2, 0.25) is 0 Å². The lowest BCUT2D eigenvalue weighted by Crippen LogP contribution is -2.31. The van der Waals surface area contributed by atoms with Gasteiger partial charge in [0.05, 0.1) is 11.4 Å². The first-order chi connectivity index (χ1) is 9.58. The molecule has 0 atom stereocenters. The fourth-order valence-corrected chi connectivity index (χ4v) is 1.87. The highest BCUT2D eigenvalue weighted by molar-refractivity contribution is 6.31. The minimum Gasteiger partial charge on any atom is -0.484 e. The first kappa shape index (κ1) is 14.2. The molecule has 20 heavy (non-hydrogen) atoms. The number of nitrogen functional groups attached to an aromatic ring is 1. The van der Waals surface area contributed by atoms with E-state index in [9.17, 15) is 4.79 Å². The van der Waals surface area contributed by atoms with Crippen LogP contribution in [0.2, 0.25) is 5.02 Å². The highest BCUT2D eigenvalue weighted by Gasteiger charge is 2.14. The standard InChI is InChI=1S/C15H15ClN2O2/c1-18(14-9-11(16)7-8-13(14)17)15(19)10-20-12-5-3-2-4-6-12/h2-9H,10,17H2,1H3. The lowest BCUT2D eigenvalue weighted by Gasteiger charge is -2.19. The van der Waals surface area contributed by atoms with E-state index in [0.29, 0.717) is 22.1 Å². The van der Waals surface area contributed by atoms with Crippen LogP contribution in [-0.4, -0.2) is 19.6 Å². The molecule has 2 N–H and O–H groups in total. The van der Waals surface area contributed by atoms with E-state index in [-0.39, 0.29) is 12.5 Å². The number of carbonyl (C=O) groups is 1. The zero-order valence-electron chi connectivity index (χ0n) is 11.0. The molecule has 104 valence electrons. The summed E-state index contributed by atoms with van der Waals surface area (Å²) in [5, 5.41) is 0.526. The third-order valence-electron chi connectivity index (χ3n) is 2.83. The van der Waals surface area contributed by atoms with Crippen LogP contribution in [0.5, 0.6) is 5.75 Å². The number of anilines is 2. The summed E-state index contributed by atoms with van der Waals surface area (Å²) in [7, 11) is 1.64. The van der Waals surface area contributed by atoms with Crippen LogP contribution < -0.4 is 15.4 Å². The summed E-state index contributed by atoms with van der Waals surface area (Å²) < 4.78 is 5.42. The second kappa shape index (κ2) is 6.30. The first-order valence-electron chi connectivity index (χ1n) is 6.07. The van der Waals surface area contributed by atoms with Gasteiger partial charge in [0, 0.05) is 12.1 Å². The van der Waals surface area contributed by atoms with Gasteiger partial charge in [-0.05, 0) is 30.3 Å². The predicted octanol–water partition coefficient (Wildman–Crippen LogP) is 2.96. The summed E-state index contributed by atoms with van der Waals surface area (Å²) in [5.74, 6) is 0.441. The number of nitrogens with two attached hydrogens (primary N) is 1. The van der Waals surface area contributed by atoms with Crippen molar-refractivity contribution in [3.63, 3.8) is 0 Å². The van der Waals surface area contributed by atoms with Crippen LogP contribution in [0.4, 0.5) is 11.4 Å². The molecule has 0 aliphatic carbocycles. The summed E-state index contributed by atoms with van der Waals surface area (Å²) in [6.07, 6.45) is 0. The van der Waals surface area contributed by atoms with Crippen molar-refractivity contribution in [3.8, 4) is 5.75 Å². The van der Waals surface area contributed by atoms with Crippen molar-refractivity contribution in [2.24, 2.45) is 0 Å². The minimum absolute atomic E-state index is 0.0630. The summed E-state index contributed by atoms with van der Waals surface area (Å²) in [6.45, 7) is -0.0630. The van der Waals surface area contributed by atoms with Crippen LogP contribution in [0, 0.1) is 0 Å². The van der Waals surface area contributed by atoms with Crippen molar-refractivity contribution in [2.45, 2.75) is 0 Å². The number of hydrogen-bond acceptors (Lipinski definition) is 3. The number of para-hydroxylation sites is 1. The largest absolute Gasteiger partial charge is 0.484 e. The second-order valence-electron chi connectivity index (χ2n) is 4.26. The molecule has 0 aliphatic rings. The van der Waals surface area contributed by atoms with E-state index in [0.717, 1.165) is 0 Å². The van der Waals surface area contributed by atoms with Gasteiger partial charge in [0.25, 0.3) is 5.91 Å². The van der Waals surface area contributed by atoms with Crippen molar-refractivity contribution in [3.05, 3.63) is 53.6 Å². The Balaban J connectivity index is 2.03. The first-order valence-corrected chi connectivity index (χ1v) is 6.45. The average Bonchev–Trinajstić information content (AvgIpc) is 2.47. The molecule has 0 radical (unpaired) electrons. The third kappa shape index (κ3) is 3.42. The smallest absolute Gasteiger partial charge is 0.264 e. The molecule has 0 aliphatic heterocycles. The Bertz CT molecular complexity index is 602. The molecular formula is C15H15ClN2O2. The van der Waals surface area contributed by atoms with E-state index in [1.165, 1.54) is 4.90 Å². The third-order valence-corrected chi connectivity index (χ3v) is 3.07. The fourth-order valence-electron chi connectivity index (χ4n) is 1.70. The molecule has 5 heteroatoms. The van der Waals surface area contributed by atoms with Crippen molar-refractivity contribution in [1.82, 2.24) is 0 Å². The fraction of sp³-hybridized carbons (Fsp3) is 0.133. The Morgan fingerprint density at radius 2 is 1.95 bits per heavy atom. The topological polar surface area (TPSA) is 55.6 Å². The molecule has 1 amide bonds. The Morgan fingerprint density at radius 3 is 2.65 bits per heavy atom. The van der Waals surface area contributed by atoms with E-state index < -0.39 is 0 Å². The molecule has 0 fully saturated rings. The molecule has 0 saturated carbocycles. The maximum Gasteiger partial charge on any atom is 0.264 e. The molecule has 0 aromatic heterocycles. The number of likely N-dealkylation sites (N-methyl/N-ethyl adjacent to an activating group) is 1. The summed E-state index contributed by atoms with van der Waals surface area (Å²) >= 11 is 5.91. The zero-order valence-corrected chi connectivity index (χ0v) is 11.8. The molecular weight excluding hydrogens is 276 g/mol.